The maximum atomic E-state index is 6.14. The third kappa shape index (κ3) is 3.65. The van der Waals surface area contributed by atoms with Crippen molar-refractivity contribution < 1.29 is 18.9 Å². The van der Waals surface area contributed by atoms with Gasteiger partial charge in [-0.15, -0.1) is 0 Å². The Kier molecular flexibility index (Phi) is 4.47. The van der Waals surface area contributed by atoms with Crippen LogP contribution in [-0.2, 0) is 22.6 Å². The van der Waals surface area contributed by atoms with Gasteiger partial charge >= 0.3 is 0 Å². The van der Waals surface area contributed by atoms with Crippen molar-refractivity contribution >= 4 is 0 Å². The van der Waals surface area contributed by atoms with Crippen molar-refractivity contribution in [3.05, 3.63) is 53.9 Å². The number of fused-ring (bicyclic) bond motifs is 1. The van der Waals surface area contributed by atoms with Gasteiger partial charge in [-0.3, -0.25) is 9.88 Å². The van der Waals surface area contributed by atoms with Crippen LogP contribution in [0.25, 0.3) is 0 Å². The first-order valence-corrected chi connectivity index (χ1v) is 9.54. The standard InChI is InChI=1S/C21H24N2O4/c1-2-7-22-17(3-1)12-24-18-6-8-27-21(10-18)13-23(14-21)11-16-4-5-19-20(9-16)26-15-25-19/h1-5,7,9,18H,6,8,10-15H2/t18-/m1/s1. The second-order valence-corrected chi connectivity index (χ2v) is 7.61. The molecule has 0 bridgehead atoms. The van der Waals surface area contributed by atoms with Crippen LogP contribution in [0.5, 0.6) is 11.5 Å². The second kappa shape index (κ2) is 7.11. The highest BCUT2D eigenvalue weighted by molar-refractivity contribution is 5.44. The predicted molar refractivity (Wildman–Crippen MR) is 98.6 cm³/mol. The maximum Gasteiger partial charge on any atom is 0.231 e. The highest BCUT2D eigenvalue weighted by Crippen LogP contribution is 2.38. The van der Waals surface area contributed by atoms with Gasteiger partial charge in [0.2, 0.25) is 6.79 Å². The van der Waals surface area contributed by atoms with E-state index in [0.717, 1.165) is 56.3 Å². The van der Waals surface area contributed by atoms with Gasteiger partial charge < -0.3 is 18.9 Å². The largest absolute Gasteiger partial charge is 0.454 e. The number of likely N-dealkylation sites (tertiary alicyclic amines) is 1. The molecular formula is C21H24N2O4. The molecule has 1 spiro atoms. The van der Waals surface area contributed by atoms with Crippen LogP contribution in [0.3, 0.4) is 0 Å². The molecule has 2 aromatic rings. The summed E-state index contributed by atoms with van der Waals surface area (Å²) in [6.07, 6.45) is 3.96. The molecule has 0 amide bonds. The Morgan fingerprint density at radius 3 is 2.96 bits per heavy atom. The molecule has 3 aliphatic rings. The van der Waals surface area contributed by atoms with E-state index in [1.807, 2.05) is 30.5 Å². The lowest BCUT2D eigenvalue weighted by atomic mass is 9.84. The maximum absolute atomic E-state index is 6.14. The van der Waals surface area contributed by atoms with Crippen molar-refractivity contribution in [2.75, 3.05) is 26.5 Å². The van der Waals surface area contributed by atoms with Crippen LogP contribution in [0, 0.1) is 0 Å². The van der Waals surface area contributed by atoms with Gasteiger partial charge in [0.15, 0.2) is 11.5 Å². The SMILES string of the molecule is c1ccc(CO[C@@H]2CCOC3(C2)CN(Cc2ccc4c(c2)OCO4)C3)nc1. The fourth-order valence-electron chi connectivity index (χ4n) is 4.21. The van der Waals surface area contributed by atoms with Gasteiger partial charge in [-0.05, 0) is 36.2 Å². The molecule has 3 aliphatic heterocycles. The molecule has 1 aromatic carbocycles. The van der Waals surface area contributed by atoms with Crippen molar-refractivity contribution in [2.24, 2.45) is 0 Å². The molecule has 1 aromatic heterocycles. The molecule has 2 saturated heterocycles. The van der Waals surface area contributed by atoms with Crippen LogP contribution in [0.4, 0.5) is 0 Å². The normalized spacial score (nSPS) is 23.3. The monoisotopic (exact) mass is 368 g/mol. The third-order valence-electron chi connectivity index (χ3n) is 5.51. The molecule has 5 rings (SSSR count). The van der Waals surface area contributed by atoms with E-state index in [2.05, 4.69) is 22.0 Å². The molecule has 0 radical (unpaired) electrons. The highest BCUT2D eigenvalue weighted by Gasteiger charge is 2.47. The van der Waals surface area contributed by atoms with Gasteiger partial charge in [0.1, 0.15) is 0 Å². The van der Waals surface area contributed by atoms with Gasteiger partial charge in [-0.2, -0.15) is 0 Å². The Bertz CT molecular complexity index is 792. The Morgan fingerprint density at radius 2 is 2.07 bits per heavy atom. The zero-order valence-corrected chi connectivity index (χ0v) is 15.3. The number of benzene rings is 1. The minimum atomic E-state index is -0.0522. The quantitative estimate of drug-likeness (QED) is 0.809. The minimum Gasteiger partial charge on any atom is -0.454 e. The first kappa shape index (κ1) is 17.0. The van der Waals surface area contributed by atoms with Crippen LogP contribution in [0.15, 0.2) is 42.6 Å². The van der Waals surface area contributed by atoms with E-state index < -0.39 is 0 Å². The van der Waals surface area contributed by atoms with E-state index >= 15 is 0 Å². The van der Waals surface area contributed by atoms with E-state index in [1.165, 1.54) is 5.56 Å². The average molecular weight is 368 g/mol. The van der Waals surface area contributed by atoms with Gasteiger partial charge in [0, 0.05) is 38.9 Å². The molecule has 0 unspecified atom stereocenters. The average Bonchev–Trinajstić information content (AvgIpc) is 3.14. The van der Waals surface area contributed by atoms with Crippen molar-refractivity contribution in [1.82, 2.24) is 9.88 Å². The number of rotatable bonds is 5. The lowest BCUT2D eigenvalue weighted by Gasteiger charge is -2.53. The van der Waals surface area contributed by atoms with Crippen LogP contribution >= 0.6 is 0 Å². The summed E-state index contributed by atoms with van der Waals surface area (Å²) in [7, 11) is 0. The Balaban J connectivity index is 1.13. The molecule has 0 aliphatic carbocycles. The van der Waals surface area contributed by atoms with Gasteiger partial charge in [0.25, 0.3) is 0 Å². The summed E-state index contributed by atoms with van der Waals surface area (Å²) in [6.45, 7) is 4.46. The molecule has 0 saturated carbocycles. The van der Waals surface area contributed by atoms with Crippen LogP contribution < -0.4 is 9.47 Å². The molecule has 6 nitrogen and oxygen atoms in total. The molecule has 1 atom stereocenters. The number of hydrogen-bond donors (Lipinski definition) is 0. The summed E-state index contributed by atoms with van der Waals surface area (Å²) >= 11 is 0. The summed E-state index contributed by atoms with van der Waals surface area (Å²) in [5.41, 5.74) is 2.17. The van der Waals surface area contributed by atoms with E-state index in [-0.39, 0.29) is 11.7 Å². The Morgan fingerprint density at radius 1 is 1.15 bits per heavy atom. The number of nitrogens with zero attached hydrogens (tertiary/aromatic N) is 2. The molecule has 4 heterocycles. The fourth-order valence-corrected chi connectivity index (χ4v) is 4.21. The van der Waals surface area contributed by atoms with Gasteiger partial charge in [-0.1, -0.05) is 12.1 Å². The van der Waals surface area contributed by atoms with Gasteiger partial charge in [-0.25, -0.2) is 0 Å². The second-order valence-electron chi connectivity index (χ2n) is 7.61. The zero-order valence-electron chi connectivity index (χ0n) is 15.3. The summed E-state index contributed by atoms with van der Waals surface area (Å²) in [6, 6.07) is 12.1. The minimum absolute atomic E-state index is 0.0522. The molecule has 142 valence electrons. The van der Waals surface area contributed by atoms with Crippen molar-refractivity contribution in [3.8, 4) is 11.5 Å². The molecular weight excluding hydrogens is 344 g/mol. The Hall–Kier alpha value is -2.15. The van der Waals surface area contributed by atoms with E-state index in [4.69, 9.17) is 18.9 Å². The van der Waals surface area contributed by atoms with E-state index in [9.17, 15) is 0 Å². The fraction of sp³-hybridized carbons (Fsp3) is 0.476. The third-order valence-corrected chi connectivity index (χ3v) is 5.51. The topological polar surface area (TPSA) is 53.1 Å². The molecule has 2 fully saturated rings. The first-order chi connectivity index (χ1) is 13.3. The molecule has 27 heavy (non-hydrogen) atoms. The molecule has 6 heteroatoms. The van der Waals surface area contributed by atoms with Crippen molar-refractivity contribution in [3.63, 3.8) is 0 Å². The first-order valence-electron chi connectivity index (χ1n) is 9.54. The number of ether oxygens (including phenoxy) is 4. The summed E-state index contributed by atoms with van der Waals surface area (Å²) in [4.78, 5) is 6.75. The summed E-state index contributed by atoms with van der Waals surface area (Å²) in [5.74, 6) is 1.68. The number of hydrogen-bond acceptors (Lipinski definition) is 6. The number of pyridine rings is 1. The van der Waals surface area contributed by atoms with E-state index in [0.29, 0.717) is 13.4 Å². The number of aromatic nitrogens is 1. The summed E-state index contributed by atoms with van der Waals surface area (Å²) in [5, 5.41) is 0. The summed E-state index contributed by atoms with van der Waals surface area (Å²) < 4.78 is 23.1. The predicted octanol–water partition coefficient (Wildman–Crippen LogP) is 2.76. The van der Waals surface area contributed by atoms with Gasteiger partial charge in [0.05, 0.1) is 24.0 Å². The lowest BCUT2D eigenvalue weighted by Crippen LogP contribution is -2.65. The van der Waals surface area contributed by atoms with Crippen molar-refractivity contribution in [2.45, 2.75) is 37.7 Å². The van der Waals surface area contributed by atoms with Crippen LogP contribution in [0.1, 0.15) is 24.1 Å². The smallest absolute Gasteiger partial charge is 0.231 e. The molecule has 0 N–H and O–H groups in total. The Labute approximate surface area is 159 Å². The van der Waals surface area contributed by atoms with Crippen LogP contribution in [0.2, 0.25) is 0 Å². The van der Waals surface area contributed by atoms with Crippen molar-refractivity contribution in [1.29, 1.82) is 0 Å². The zero-order chi connectivity index (χ0) is 18.1. The highest BCUT2D eigenvalue weighted by atomic mass is 16.7. The lowest BCUT2D eigenvalue weighted by molar-refractivity contribution is -0.200. The van der Waals surface area contributed by atoms with E-state index in [1.54, 1.807) is 0 Å². The van der Waals surface area contributed by atoms with Crippen LogP contribution in [-0.4, -0.2) is 48.1 Å².